The van der Waals surface area contributed by atoms with E-state index < -0.39 is 58.8 Å². The van der Waals surface area contributed by atoms with Gasteiger partial charge in [-0.1, -0.05) is 25.0 Å². The number of aryl methyl sites for hydroxylation is 1. The number of para-hydroxylation sites is 1. The fraction of sp³-hybridized carbons (Fsp3) is 0.441. The van der Waals surface area contributed by atoms with Gasteiger partial charge in [0.15, 0.2) is 11.6 Å². The number of amides is 3. The first-order valence-corrected chi connectivity index (χ1v) is 16.4. The van der Waals surface area contributed by atoms with Crippen molar-refractivity contribution in [1.29, 1.82) is 0 Å². The van der Waals surface area contributed by atoms with E-state index in [-0.39, 0.29) is 40.7 Å². The van der Waals surface area contributed by atoms with Crippen molar-refractivity contribution in [3.8, 4) is 17.0 Å². The Hall–Kier alpha value is -4.86. The van der Waals surface area contributed by atoms with Crippen LogP contribution < -0.4 is 25.6 Å². The van der Waals surface area contributed by atoms with Gasteiger partial charge in [-0.2, -0.15) is 18.2 Å². The summed E-state index contributed by atoms with van der Waals surface area (Å²) in [5.74, 6) is -6.69. The molecule has 0 bridgehead atoms. The number of rotatable bonds is 10. The number of carbonyl (C=O) groups excluding carboxylic acids is 3. The van der Waals surface area contributed by atoms with Crippen molar-refractivity contribution < 1.29 is 41.1 Å². The van der Waals surface area contributed by atoms with Gasteiger partial charge in [0.25, 0.3) is 5.91 Å². The van der Waals surface area contributed by atoms with Crippen molar-refractivity contribution in [3.05, 3.63) is 58.7 Å². The maximum atomic E-state index is 15.2. The number of ether oxygens (including phenoxy) is 1. The molecule has 1 fully saturated rings. The molecule has 3 heterocycles. The lowest BCUT2D eigenvalue weighted by atomic mass is 9.95. The lowest BCUT2D eigenvalue weighted by Gasteiger charge is -2.31. The van der Waals surface area contributed by atoms with E-state index >= 15 is 8.78 Å². The van der Waals surface area contributed by atoms with Gasteiger partial charge in [0.05, 0.1) is 17.8 Å². The fourth-order valence-electron chi connectivity index (χ4n) is 5.97. The zero-order valence-electron chi connectivity index (χ0n) is 27.8. The van der Waals surface area contributed by atoms with Gasteiger partial charge in [0.1, 0.15) is 17.3 Å². The number of nitrogens with one attached hydrogen (secondary N) is 3. The summed E-state index contributed by atoms with van der Waals surface area (Å²) in [5.41, 5.74) is -1.18. The quantitative estimate of drug-likeness (QED) is 0.0962. The van der Waals surface area contributed by atoms with Crippen LogP contribution in [-0.4, -0.2) is 71.2 Å². The second-order valence-corrected chi connectivity index (χ2v) is 12.4. The van der Waals surface area contributed by atoms with Crippen LogP contribution in [0.2, 0.25) is 0 Å². The van der Waals surface area contributed by atoms with Crippen LogP contribution in [0.5, 0.6) is 5.75 Å². The number of hydrogen-bond acceptors (Lipinski definition) is 8. The molecule has 2 aliphatic rings. The van der Waals surface area contributed by atoms with Gasteiger partial charge in [-0.05, 0) is 83.4 Å². The molecule has 2 aliphatic heterocycles. The molecule has 0 saturated carbocycles. The van der Waals surface area contributed by atoms with Gasteiger partial charge >= 0.3 is 18.2 Å². The highest BCUT2D eigenvalue weighted by molar-refractivity contribution is 6.04. The van der Waals surface area contributed by atoms with Crippen LogP contribution in [0.4, 0.5) is 44.2 Å². The number of hydrogen-bond donors (Lipinski definition) is 3. The van der Waals surface area contributed by atoms with Crippen molar-refractivity contribution >= 4 is 35.4 Å². The van der Waals surface area contributed by atoms with Crippen molar-refractivity contribution in [2.75, 3.05) is 36.4 Å². The molecule has 3 N–H and O–H groups in total. The van der Waals surface area contributed by atoms with Crippen LogP contribution in [0.3, 0.4) is 0 Å². The predicted octanol–water partition coefficient (Wildman–Crippen LogP) is 6.38. The zero-order chi connectivity index (χ0) is 36.2. The Morgan fingerprint density at radius 1 is 1.02 bits per heavy atom. The first-order chi connectivity index (χ1) is 23.8. The molecule has 0 atom stereocenters. The van der Waals surface area contributed by atoms with E-state index in [0.29, 0.717) is 17.9 Å². The molecule has 2 aromatic carbocycles. The van der Waals surface area contributed by atoms with Gasteiger partial charge < -0.3 is 25.6 Å². The zero-order valence-corrected chi connectivity index (χ0v) is 27.8. The Labute approximate surface area is 285 Å². The minimum atomic E-state index is -5.43. The number of halogens is 5. The first-order valence-electron chi connectivity index (χ1n) is 16.4. The molecular formula is C34H38F5N7O4. The van der Waals surface area contributed by atoms with E-state index in [1.165, 1.54) is 31.9 Å². The third-order valence-electron chi connectivity index (χ3n) is 8.30. The van der Waals surface area contributed by atoms with Crippen molar-refractivity contribution in [3.63, 3.8) is 0 Å². The molecule has 3 aromatic rings. The van der Waals surface area contributed by atoms with Crippen molar-refractivity contribution in [2.45, 2.75) is 71.6 Å². The summed E-state index contributed by atoms with van der Waals surface area (Å²) in [7, 11) is 0. The van der Waals surface area contributed by atoms with E-state index in [1.807, 2.05) is 0 Å². The monoisotopic (exact) mass is 703 g/mol. The van der Waals surface area contributed by atoms with Gasteiger partial charge in [0, 0.05) is 23.7 Å². The number of esters is 1. The number of aromatic nitrogens is 2. The maximum Gasteiger partial charge on any atom is 0.491 e. The maximum absolute atomic E-state index is 15.2. The molecule has 0 unspecified atom stereocenters. The molecule has 1 saturated heterocycles. The SMILES string of the molecule is Cc1ccc(C(=O)NC(C)C)c(OC(=O)C(F)(F)F)c1-c1nc(NCCCN2CCCCCC2)nc2c1CNC(=O)N2c1c(F)cccc1F. The molecule has 0 aliphatic carbocycles. The standard InChI is InChI=1S/C34H38F5N7O4/c1-19(2)42-30(47)21-13-12-20(3)25(28(21)50-31(48)34(37,38)39)26-22-18-41-33(49)46(27-23(35)10-8-11-24(27)36)29(22)44-32(43-26)40-14-9-17-45-15-6-4-5-7-16-45/h8,10-13,19H,4-7,9,14-18H2,1-3H3,(H,41,49)(H,42,47)(H,40,43,44). The number of alkyl halides is 3. The number of nitrogens with zero attached hydrogens (tertiary/aromatic N) is 4. The molecule has 16 heteroatoms. The number of carbonyl (C=O) groups is 3. The van der Waals surface area contributed by atoms with E-state index in [0.717, 1.165) is 50.7 Å². The summed E-state index contributed by atoms with van der Waals surface area (Å²) in [5, 5.41) is 8.18. The van der Waals surface area contributed by atoms with Crippen molar-refractivity contribution in [1.82, 2.24) is 25.5 Å². The van der Waals surface area contributed by atoms with Crippen LogP contribution in [0.1, 0.15) is 67.4 Å². The molecule has 11 nitrogen and oxygen atoms in total. The highest BCUT2D eigenvalue weighted by Gasteiger charge is 2.43. The van der Waals surface area contributed by atoms with E-state index in [9.17, 15) is 27.6 Å². The van der Waals surface area contributed by atoms with E-state index in [4.69, 9.17) is 4.74 Å². The Morgan fingerprint density at radius 2 is 1.70 bits per heavy atom. The highest BCUT2D eigenvalue weighted by Crippen LogP contribution is 2.43. The summed E-state index contributed by atoms with van der Waals surface area (Å²) in [6.45, 7) is 7.50. The van der Waals surface area contributed by atoms with Gasteiger partial charge in [0.2, 0.25) is 5.95 Å². The Bertz CT molecular complexity index is 1740. The third-order valence-corrected chi connectivity index (χ3v) is 8.30. The topological polar surface area (TPSA) is 129 Å². The van der Waals surface area contributed by atoms with Crippen LogP contribution in [0.25, 0.3) is 11.3 Å². The largest absolute Gasteiger partial charge is 0.491 e. The molecule has 0 spiro atoms. The van der Waals surface area contributed by atoms with Crippen LogP contribution >= 0.6 is 0 Å². The van der Waals surface area contributed by atoms with Gasteiger partial charge in [-0.3, -0.25) is 4.79 Å². The minimum Gasteiger partial charge on any atom is -0.418 e. The first kappa shape index (κ1) is 36.4. The van der Waals surface area contributed by atoms with E-state index in [2.05, 4.69) is 30.8 Å². The summed E-state index contributed by atoms with van der Waals surface area (Å²) in [4.78, 5) is 50.9. The molecule has 268 valence electrons. The predicted molar refractivity (Wildman–Crippen MR) is 175 cm³/mol. The molecule has 50 heavy (non-hydrogen) atoms. The highest BCUT2D eigenvalue weighted by atomic mass is 19.4. The van der Waals surface area contributed by atoms with Crippen LogP contribution in [0.15, 0.2) is 30.3 Å². The lowest BCUT2D eigenvalue weighted by Crippen LogP contribution is -2.43. The van der Waals surface area contributed by atoms with Gasteiger partial charge in [-0.25, -0.2) is 28.3 Å². The Morgan fingerprint density at radius 3 is 2.34 bits per heavy atom. The average Bonchev–Trinajstić information content (AvgIpc) is 3.32. The molecule has 5 rings (SSSR count). The van der Waals surface area contributed by atoms with Crippen molar-refractivity contribution in [2.24, 2.45) is 0 Å². The fourth-order valence-corrected chi connectivity index (χ4v) is 5.97. The number of urea groups is 1. The second kappa shape index (κ2) is 15.4. The molecule has 0 radical (unpaired) electrons. The summed E-state index contributed by atoms with van der Waals surface area (Å²) < 4.78 is 76.1. The molecular weight excluding hydrogens is 665 g/mol. The molecule has 3 amide bonds. The molecule has 1 aromatic heterocycles. The average molecular weight is 704 g/mol. The lowest BCUT2D eigenvalue weighted by molar-refractivity contribution is -0.189. The summed E-state index contributed by atoms with van der Waals surface area (Å²) >= 11 is 0. The third kappa shape index (κ3) is 8.12. The van der Waals surface area contributed by atoms with Crippen LogP contribution in [-0.2, 0) is 11.3 Å². The van der Waals surface area contributed by atoms with Gasteiger partial charge in [-0.15, -0.1) is 0 Å². The number of benzene rings is 2. The minimum absolute atomic E-state index is 0.0381. The number of fused-ring (bicyclic) bond motifs is 1. The Balaban J connectivity index is 1.68. The second-order valence-electron chi connectivity index (χ2n) is 12.4. The Kier molecular flexibility index (Phi) is 11.2. The van der Waals surface area contributed by atoms with Crippen LogP contribution in [0, 0.1) is 18.6 Å². The normalized spacial score (nSPS) is 15.3. The number of anilines is 3. The summed E-state index contributed by atoms with van der Waals surface area (Å²) in [6.07, 6.45) is -0.222. The number of likely N-dealkylation sites (tertiary alicyclic amines) is 1. The smallest absolute Gasteiger partial charge is 0.418 e. The van der Waals surface area contributed by atoms with E-state index in [1.54, 1.807) is 13.8 Å². The summed E-state index contributed by atoms with van der Waals surface area (Å²) in [6, 6.07) is 4.33.